The normalized spacial score (nSPS) is 23.5. The van der Waals surface area contributed by atoms with E-state index in [1.165, 1.54) is 0 Å². The summed E-state index contributed by atoms with van der Waals surface area (Å²) in [6, 6.07) is 6.27. The Kier molecular flexibility index (Phi) is 4.31. The summed E-state index contributed by atoms with van der Waals surface area (Å²) in [6.07, 6.45) is 2.37. The third-order valence-electron chi connectivity index (χ3n) is 3.25. The molecule has 0 amide bonds. The second-order valence-electron chi connectivity index (χ2n) is 4.61. The average Bonchev–Trinajstić information content (AvgIpc) is 2.39. The van der Waals surface area contributed by atoms with Crippen molar-refractivity contribution < 1.29 is 14.2 Å². The molecule has 1 N–H and O–H groups in total. The van der Waals surface area contributed by atoms with Gasteiger partial charge < -0.3 is 19.5 Å². The molecule has 18 heavy (non-hydrogen) atoms. The van der Waals surface area contributed by atoms with E-state index in [1.807, 2.05) is 18.2 Å². The number of nitrogens with one attached hydrogen (secondary N) is 1. The molecule has 0 aromatic heterocycles. The monoisotopic (exact) mass is 251 g/mol. The minimum atomic E-state index is 0.320. The summed E-state index contributed by atoms with van der Waals surface area (Å²) in [5, 5.41) is 3.52. The minimum Gasteiger partial charge on any atom is -0.497 e. The van der Waals surface area contributed by atoms with Crippen molar-refractivity contribution in [2.24, 2.45) is 0 Å². The van der Waals surface area contributed by atoms with Gasteiger partial charge in [-0.05, 0) is 31.9 Å². The topological polar surface area (TPSA) is 39.7 Å². The Morgan fingerprint density at radius 3 is 2.78 bits per heavy atom. The van der Waals surface area contributed by atoms with Gasteiger partial charge in [0.1, 0.15) is 11.5 Å². The van der Waals surface area contributed by atoms with Crippen molar-refractivity contribution in [3.63, 3.8) is 0 Å². The number of anilines is 1. The van der Waals surface area contributed by atoms with Gasteiger partial charge in [0.15, 0.2) is 0 Å². The first-order valence-electron chi connectivity index (χ1n) is 6.33. The Balaban J connectivity index is 2.08. The summed E-state index contributed by atoms with van der Waals surface area (Å²) in [7, 11) is 3.33. The molecular formula is C14H21NO3. The van der Waals surface area contributed by atoms with Crippen LogP contribution >= 0.6 is 0 Å². The van der Waals surface area contributed by atoms with Crippen LogP contribution in [0.4, 0.5) is 5.69 Å². The molecule has 0 radical (unpaired) electrons. The number of hydrogen-bond acceptors (Lipinski definition) is 4. The third kappa shape index (κ3) is 3.07. The molecule has 1 aromatic carbocycles. The molecule has 4 heteroatoms. The third-order valence-corrected chi connectivity index (χ3v) is 3.25. The second kappa shape index (κ2) is 5.96. The van der Waals surface area contributed by atoms with Gasteiger partial charge in [0.05, 0.1) is 26.0 Å². The van der Waals surface area contributed by atoms with E-state index in [4.69, 9.17) is 14.2 Å². The largest absolute Gasteiger partial charge is 0.497 e. The molecule has 0 bridgehead atoms. The fourth-order valence-electron chi connectivity index (χ4n) is 2.27. The van der Waals surface area contributed by atoms with E-state index < -0.39 is 0 Å². The highest BCUT2D eigenvalue weighted by Crippen LogP contribution is 2.31. The van der Waals surface area contributed by atoms with Crippen LogP contribution in [0.15, 0.2) is 18.2 Å². The Bertz CT molecular complexity index is 395. The molecule has 1 aliphatic heterocycles. The molecule has 0 spiro atoms. The first-order valence-corrected chi connectivity index (χ1v) is 6.33. The maximum absolute atomic E-state index is 5.55. The van der Waals surface area contributed by atoms with E-state index >= 15 is 0 Å². The van der Waals surface area contributed by atoms with E-state index in [2.05, 4.69) is 12.2 Å². The number of ether oxygens (including phenoxy) is 3. The van der Waals surface area contributed by atoms with E-state index in [9.17, 15) is 0 Å². The zero-order chi connectivity index (χ0) is 13.0. The number of methoxy groups -OCH3 is 2. The Hall–Kier alpha value is -1.42. The molecule has 2 unspecified atom stereocenters. The first-order chi connectivity index (χ1) is 8.72. The van der Waals surface area contributed by atoms with Crippen molar-refractivity contribution in [2.75, 3.05) is 26.1 Å². The molecule has 2 rings (SSSR count). The molecule has 1 heterocycles. The van der Waals surface area contributed by atoms with Gasteiger partial charge in [-0.25, -0.2) is 0 Å². The van der Waals surface area contributed by atoms with Crippen molar-refractivity contribution in [1.29, 1.82) is 0 Å². The Morgan fingerprint density at radius 2 is 2.11 bits per heavy atom. The molecule has 4 nitrogen and oxygen atoms in total. The van der Waals surface area contributed by atoms with Gasteiger partial charge in [0.25, 0.3) is 0 Å². The highest BCUT2D eigenvalue weighted by atomic mass is 16.5. The predicted octanol–water partition coefficient (Wildman–Crippen LogP) is 2.68. The smallest absolute Gasteiger partial charge is 0.145 e. The lowest BCUT2D eigenvalue weighted by atomic mass is 10.0. The summed E-state index contributed by atoms with van der Waals surface area (Å²) < 4.78 is 16.1. The van der Waals surface area contributed by atoms with Crippen LogP contribution < -0.4 is 14.8 Å². The van der Waals surface area contributed by atoms with Gasteiger partial charge in [-0.15, -0.1) is 0 Å². The summed E-state index contributed by atoms with van der Waals surface area (Å²) in [6.45, 7) is 2.93. The summed E-state index contributed by atoms with van der Waals surface area (Å²) in [5.41, 5.74) is 1.01. The lowest BCUT2D eigenvalue weighted by Crippen LogP contribution is -2.32. The van der Waals surface area contributed by atoms with Crippen LogP contribution in [0.3, 0.4) is 0 Å². The van der Waals surface area contributed by atoms with Crippen molar-refractivity contribution >= 4 is 5.69 Å². The number of benzene rings is 1. The van der Waals surface area contributed by atoms with Gasteiger partial charge >= 0.3 is 0 Å². The van der Waals surface area contributed by atoms with E-state index in [0.717, 1.165) is 36.6 Å². The second-order valence-corrected chi connectivity index (χ2v) is 4.61. The van der Waals surface area contributed by atoms with Gasteiger partial charge in [-0.1, -0.05) is 0 Å². The fourth-order valence-corrected chi connectivity index (χ4v) is 2.27. The van der Waals surface area contributed by atoms with Gasteiger partial charge in [0, 0.05) is 18.7 Å². The van der Waals surface area contributed by atoms with Crippen LogP contribution in [-0.2, 0) is 4.74 Å². The van der Waals surface area contributed by atoms with E-state index in [-0.39, 0.29) is 0 Å². The highest BCUT2D eigenvalue weighted by Gasteiger charge is 2.20. The molecule has 1 fully saturated rings. The van der Waals surface area contributed by atoms with Gasteiger partial charge in [0.2, 0.25) is 0 Å². The summed E-state index contributed by atoms with van der Waals surface area (Å²) >= 11 is 0. The van der Waals surface area contributed by atoms with Crippen molar-refractivity contribution in [2.45, 2.75) is 31.9 Å². The molecule has 0 saturated carbocycles. The number of hydrogen-bond donors (Lipinski definition) is 1. The number of rotatable bonds is 4. The summed E-state index contributed by atoms with van der Waals surface area (Å²) in [5.74, 6) is 1.62. The van der Waals surface area contributed by atoms with Crippen LogP contribution in [0.25, 0.3) is 0 Å². The lowest BCUT2D eigenvalue weighted by molar-refractivity contribution is 0.0232. The van der Waals surface area contributed by atoms with Crippen LogP contribution in [-0.4, -0.2) is 33.0 Å². The molecular weight excluding hydrogens is 230 g/mol. The van der Waals surface area contributed by atoms with Crippen LogP contribution in [0.1, 0.15) is 19.8 Å². The van der Waals surface area contributed by atoms with E-state index in [1.54, 1.807) is 14.2 Å². The SMILES string of the molecule is COc1ccc(NC2CCOC(C)C2)c(OC)c1. The van der Waals surface area contributed by atoms with Gasteiger partial charge in [-0.2, -0.15) is 0 Å². The summed E-state index contributed by atoms with van der Waals surface area (Å²) in [4.78, 5) is 0. The molecule has 1 saturated heterocycles. The maximum atomic E-state index is 5.55. The molecule has 1 aromatic rings. The van der Waals surface area contributed by atoms with Crippen LogP contribution in [0.5, 0.6) is 11.5 Å². The lowest BCUT2D eigenvalue weighted by Gasteiger charge is -2.29. The van der Waals surface area contributed by atoms with Crippen molar-refractivity contribution in [1.82, 2.24) is 0 Å². The highest BCUT2D eigenvalue weighted by molar-refractivity contribution is 5.59. The zero-order valence-corrected chi connectivity index (χ0v) is 11.2. The maximum Gasteiger partial charge on any atom is 0.145 e. The van der Waals surface area contributed by atoms with E-state index in [0.29, 0.717) is 12.1 Å². The zero-order valence-electron chi connectivity index (χ0n) is 11.2. The molecule has 0 aliphatic carbocycles. The molecule has 100 valence electrons. The van der Waals surface area contributed by atoms with Gasteiger partial charge in [-0.3, -0.25) is 0 Å². The molecule has 1 aliphatic rings. The molecule has 2 atom stereocenters. The van der Waals surface area contributed by atoms with Crippen molar-refractivity contribution in [3.05, 3.63) is 18.2 Å². The first kappa shape index (κ1) is 13.0. The van der Waals surface area contributed by atoms with Crippen LogP contribution in [0, 0.1) is 0 Å². The standard InChI is InChI=1S/C14H21NO3/c1-10-8-11(6-7-18-10)15-13-5-4-12(16-2)9-14(13)17-3/h4-5,9-11,15H,6-8H2,1-3H3. The Morgan fingerprint density at radius 1 is 1.28 bits per heavy atom. The minimum absolute atomic E-state index is 0.320. The predicted molar refractivity (Wildman–Crippen MR) is 71.6 cm³/mol. The average molecular weight is 251 g/mol. The van der Waals surface area contributed by atoms with Crippen LogP contribution in [0.2, 0.25) is 0 Å². The van der Waals surface area contributed by atoms with Crippen molar-refractivity contribution in [3.8, 4) is 11.5 Å². The Labute approximate surface area is 108 Å². The fraction of sp³-hybridized carbons (Fsp3) is 0.571. The quantitative estimate of drug-likeness (QED) is 0.893.